The van der Waals surface area contributed by atoms with Gasteiger partial charge in [0.1, 0.15) is 5.75 Å². The summed E-state index contributed by atoms with van der Waals surface area (Å²) in [6, 6.07) is 18.5. The van der Waals surface area contributed by atoms with E-state index >= 15 is 0 Å². The van der Waals surface area contributed by atoms with Gasteiger partial charge in [-0.25, -0.2) is 4.57 Å². The first-order valence-electron chi connectivity index (χ1n) is 7.85. The Labute approximate surface area is 171 Å². The molecule has 3 aromatic rings. The highest BCUT2D eigenvalue weighted by molar-refractivity contribution is 9.10. The Balaban J connectivity index is 0.00000243. The molecule has 0 radical (unpaired) electrons. The maximum absolute atomic E-state index is 12.1. The van der Waals surface area contributed by atoms with Crippen LogP contribution in [0.15, 0.2) is 83.6 Å². The van der Waals surface area contributed by atoms with Crippen LogP contribution < -0.4 is 21.5 Å². The van der Waals surface area contributed by atoms with E-state index in [0.717, 1.165) is 16.6 Å². The summed E-state index contributed by atoms with van der Waals surface area (Å²) in [5.74, 6) is -0.0469. The van der Waals surface area contributed by atoms with Gasteiger partial charge in [0, 0.05) is 27.7 Å². The number of hydrogen-bond donors (Lipinski definition) is 1. The van der Waals surface area contributed by atoms with Gasteiger partial charge in [-0.15, -0.1) is 0 Å². The zero-order chi connectivity index (χ0) is 17.6. The number of pyridine rings is 1. The van der Waals surface area contributed by atoms with Gasteiger partial charge < -0.3 is 22.1 Å². The molecule has 0 aliphatic rings. The van der Waals surface area contributed by atoms with E-state index in [2.05, 4.69) is 32.6 Å². The Morgan fingerprint density at radius 3 is 2.46 bits per heavy atom. The molecule has 0 unspecified atom stereocenters. The third-order valence-corrected chi connectivity index (χ3v) is 4.22. The van der Waals surface area contributed by atoms with Crippen molar-refractivity contribution < 1.29 is 31.4 Å². The molecule has 0 saturated heterocycles. The molecule has 1 aromatic heterocycles. The zero-order valence-corrected chi connectivity index (χ0v) is 17.0. The van der Waals surface area contributed by atoms with E-state index in [-0.39, 0.29) is 28.5 Å². The summed E-state index contributed by atoms with van der Waals surface area (Å²) in [5, 5.41) is 9.43. The first kappa shape index (κ1) is 20.1. The van der Waals surface area contributed by atoms with Crippen molar-refractivity contribution in [3.63, 3.8) is 0 Å². The number of rotatable bonds is 5. The van der Waals surface area contributed by atoms with E-state index in [4.69, 9.17) is 0 Å². The van der Waals surface area contributed by atoms with Crippen LogP contribution in [0.25, 0.3) is 6.08 Å². The molecular formula is C21H17Br2NO2. The van der Waals surface area contributed by atoms with Gasteiger partial charge in [0.05, 0.1) is 0 Å². The molecule has 1 heterocycles. The molecule has 1 N–H and O–H groups in total. The predicted octanol–water partition coefficient (Wildman–Crippen LogP) is 1.39. The third kappa shape index (κ3) is 5.64. The van der Waals surface area contributed by atoms with Crippen molar-refractivity contribution in [3.8, 4) is 5.75 Å². The molecule has 3 rings (SSSR count). The monoisotopic (exact) mass is 473 g/mol. The molecule has 5 heteroatoms. The molecule has 2 aromatic carbocycles. The highest BCUT2D eigenvalue weighted by Gasteiger charge is 2.04. The summed E-state index contributed by atoms with van der Waals surface area (Å²) in [7, 11) is 0. The van der Waals surface area contributed by atoms with Crippen LogP contribution in [0.2, 0.25) is 0 Å². The van der Waals surface area contributed by atoms with Gasteiger partial charge in [0.15, 0.2) is 24.7 Å². The molecule has 0 saturated carbocycles. The molecule has 0 bridgehead atoms. The standard InChI is InChI=1S/C21H16BrNO2.BrH/c22-19-5-1-3-17(13-19)15-23-11-9-16(10-12-23)7-8-21(25)18-4-2-6-20(24)14-18;/h1-14H,15H2;1H/b8-7+;. The fourth-order valence-corrected chi connectivity index (χ4v) is 2.91. The van der Waals surface area contributed by atoms with Crippen LogP contribution in [0.4, 0.5) is 0 Å². The van der Waals surface area contributed by atoms with Crippen molar-refractivity contribution in [1.82, 2.24) is 0 Å². The minimum Gasteiger partial charge on any atom is -1.00 e. The molecule has 3 nitrogen and oxygen atoms in total. The topological polar surface area (TPSA) is 41.2 Å². The summed E-state index contributed by atoms with van der Waals surface area (Å²) in [4.78, 5) is 12.1. The molecule has 0 aliphatic heterocycles. The number of carbonyl (C=O) groups is 1. The Hall–Kier alpha value is -2.24. The number of nitrogens with zero attached hydrogens (tertiary/aromatic N) is 1. The third-order valence-electron chi connectivity index (χ3n) is 3.73. The Morgan fingerprint density at radius 1 is 1.04 bits per heavy atom. The first-order chi connectivity index (χ1) is 12.1. The molecule has 0 fully saturated rings. The number of aromatic nitrogens is 1. The number of allylic oxidation sites excluding steroid dienone is 1. The normalized spacial score (nSPS) is 10.5. The quantitative estimate of drug-likeness (QED) is 0.345. The molecule has 0 spiro atoms. The van der Waals surface area contributed by atoms with Gasteiger partial charge in [-0.3, -0.25) is 4.79 Å². The average Bonchev–Trinajstić information content (AvgIpc) is 2.61. The van der Waals surface area contributed by atoms with Crippen molar-refractivity contribution in [1.29, 1.82) is 0 Å². The molecule has 0 atom stereocenters. The van der Waals surface area contributed by atoms with Crippen LogP contribution in [0, 0.1) is 0 Å². The lowest BCUT2D eigenvalue weighted by atomic mass is 10.1. The van der Waals surface area contributed by atoms with Crippen molar-refractivity contribution in [2.75, 3.05) is 0 Å². The van der Waals surface area contributed by atoms with Gasteiger partial charge in [-0.2, -0.15) is 0 Å². The predicted molar refractivity (Wildman–Crippen MR) is 101 cm³/mol. The van der Waals surface area contributed by atoms with Crippen LogP contribution in [-0.4, -0.2) is 10.9 Å². The number of ketones is 1. The number of aromatic hydroxyl groups is 1. The molecular weight excluding hydrogens is 458 g/mol. The molecule has 132 valence electrons. The van der Waals surface area contributed by atoms with Crippen LogP contribution >= 0.6 is 15.9 Å². The number of phenolic OH excluding ortho intramolecular Hbond substituents is 1. The summed E-state index contributed by atoms with van der Waals surface area (Å²) in [6.45, 7) is 0.783. The second-order valence-corrected chi connectivity index (χ2v) is 6.60. The summed E-state index contributed by atoms with van der Waals surface area (Å²) in [6.07, 6.45) is 7.26. The highest BCUT2D eigenvalue weighted by Crippen LogP contribution is 2.13. The lowest BCUT2D eigenvalue weighted by molar-refractivity contribution is -0.688. The van der Waals surface area contributed by atoms with Crippen molar-refractivity contribution in [2.24, 2.45) is 0 Å². The first-order valence-corrected chi connectivity index (χ1v) is 8.64. The van der Waals surface area contributed by atoms with Crippen molar-refractivity contribution in [3.05, 3.63) is 100 Å². The summed E-state index contributed by atoms with van der Waals surface area (Å²) >= 11 is 3.48. The second-order valence-electron chi connectivity index (χ2n) is 5.68. The van der Waals surface area contributed by atoms with E-state index in [9.17, 15) is 9.90 Å². The van der Waals surface area contributed by atoms with E-state index in [1.807, 2.05) is 36.7 Å². The summed E-state index contributed by atoms with van der Waals surface area (Å²) < 4.78 is 3.14. The average molecular weight is 475 g/mol. The number of carbonyl (C=O) groups excluding carboxylic acids is 1. The van der Waals surface area contributed by atoms with Gasteiger partial charge in [0.25, 0.3) is 0 Å². The van der Waals surface area contributed by atoms with Crippen LogP contribution in [-0.2, 0) is 6.54 Å². The SMILES string of the molecule is O=C(/C=C/c1cc[n+](Cc2cccc(Br)c2)cc1)c1cccc(O)c1.[Br-]. The fourth-order valence-electron chi connectivity index (χ4n) is 2.46. The van der Waals surface area contributed by atoms with Gasteiger partial charge in [-0.05, 0) is 35.9 Å². The Kier molecular flexibility index (Phi) is 7.30. The Morgan fingerprint density at radius 2 is 1.77 bits per heavy atom. The fraction of sp³-hybridized carbons (Fsp3) is 0.0476. The maximum atomic E-state index is 12.1. The smallest absolute Gasteiger partial charge is 0.185 e. The van der Waals surface area contributed by atoms with Crippen LogP contribution in [0.3, 0.4) is 0 Å². The van der Waals surface area contributed by atoms with E-state index in [0.29, 0.717) is 5.56 Å². The molecule has 26 heavy (non-hydrogen) atoms. The lowest BCUT2D eigenvalue weighted by Crippen LogP contribution is -3.00. The molecule has 0 aliphatic carbocycles. The van der Waals surface area contributed by atoms with E-state index in [1.54, 1.807) is 24.3 Å². The lowest BCUT2D eigenvalue weighted by Gasteiger charge is -1.99. The van der Waals surface area contributed by atoms with Gasteiger partial charge in [0.2, 0.25) is 0 Å². The molecule has 0 amide bonds. The van der Waals surface area contributed by atoms with Crippen molar-refractivity contribution in [2.45, 2.75) is 6.54 Å². The number of hydrogen-bond acceptors (Lipinski definition) is 2. The van der Waals surface area contributed by atoms with Gasteiger partial charge >= 0.3 is 0 Å². The number of halogens is 2. The number of benzene rings is 2. The Bertz CT molecular complexity index is 921. The largest absolute Gasteiger partial charge is 1.00 e. The summed E-state index contributed by atoms with van der Waals surface area (Å²) in [5.41, 5.74) is 2.62. The van der Waals surface area contributed by atoms with Gasteiger partial charge in [-0.1, -0.05) is 46.3 Å². The van der Waals surface area contributed by atoms with Crippen molar-refractivity contribution >= 4 is 27.8 Å². The van der Waals surface area contributed by atoms with E-state index < -0.39 is 0 Å². The maximum Gasteiger partial charge on any atom is 0.185 e. The van der Waals surface area contributed by atoms with Crippen LogP contribution in [0.1, 0.15) is 21.5 Å². The minimum absolute atomic E-state index is 0. The van der Waals surface area contributed by atoms with Crippen LogP contribution in [0.5, 0.6) is 5.75 Å². The van der Waals surface area contributed by atoms with E-state index in [1.165, 1.54) is 17.7 Å². The second kappa shape index (κ2) is 9.46. The minimum atomic E-state index is -0.137. The highest BCUT2D eigenvalue weighted by atomic mass is 79.9. The zero-order valence-electron chi connectivity index (χ0n) is 13.8. The number of phenols is 1.